The van der Waals surface area contributed by atoms with Gasteiger partial charge < -0.3 is 15.2 Å². The van der Waals surface area contributed by atoms with E-state index in [4.69, 9.17) is 4.74 Å². The van der Waals surface area contributed by atoms with E-state index in [-0.39, 0.29) is 17.4 Å². The zero-order valence-electron chi connectivity index (χ0n) is 13.2. The Labute approximate surface area is 138 Å². The van der Waals surface area contributed by atoms with E-state index in [1.54, 1.807) is 18.3 Å². The molecule has 0 spiro atoms. The molecule has 1 fully saturated rings. The molecule has 0 radical (unpaired) electrons. The molecule has 0 amide bonds. The van der Waals surface area contributed by atoms with Gasteiger partial charge >= 0.3 is 5.97 Å². The average Bonchev–Trinajstić information content (AvgIpc) is 3.19. The van der Waals surface area contributed by atoms with Crippen molar-refractivity contribution >= 4 is 17.3 Å². The first-order chi connectivity index (χ1) is 11.6. The lowest BCUT2D eigenvalue weighted by Crippen LogP contribution is -2.12. The Morgan fingerprint density at radius 1 is 1.33 bits per heavy atom. The number of aromatic nitrogens is 1. The van der Waals surface area contributed by atoms with Crippen molar-refractivity contribution in [3.8, 4) is 5.75 Å². The van der Waals surface area contributed by atoms with Crippen LogP contribution in [0.15, 0.2) is 24.4 Å². The Balaban J connectivity index is 1.76. The number of aromatic carboxylic acids is 1. The predicted molar refractivity (Wildman–Crippen MR) is 86.8 cm³/mol. The van der Waals surface area contributed by atoms with Crippen molar-refractivity contribution in [3.63, 3.8) is 0 Å². The predicted octanol–water partition coefficient (Wildman–Crippen LogP) is 4.04. The summed E-state index contributed by atoms with van der Waals surface area (Å²) in [6.07, 6.45) is 4.65. The van der Waals surface area contributed by atoms with Crippen molar-refractivity contribution in [1.82, 2.24) is 4.98 Å². The number of nitrogens with one attached hydrogen (secondary N) is 1. The summed E-state index contributed by atoms with van der Waals surface area (Å²) in [4.78, 5) is 15.6. The maximum absolute atomic E-state index is 13.6. The molecule has 1 aromatic carbocycles. The number of anilines is 2. The maximum atomic E-state index is 13.6. The van der Waals surface area contributed by atoms with Crippen LogP contribution in [-0.4, -0.2) is 23.2 Å². The first-order valence-electron chi connectivity index (χ1n) is 7.95. The highest BCUT2D eigenvalue weighted by atomic mass is 19.1. The number of methoxy groups -OCH3 is 1. The van der Waals surface area contributed by atoms with E-state index >= 15 is 0 Å². The standard InChI is InChI=1S/C18H17FN2O3/c1-24-14-7-11(4-5-12(14)19)21-13-8-20-17(18(22)23)16-10-3-2-9(6-10)15(13)16/h4-5,7-10,21H,2-3,6H2,1H3,(H,22,23). The minimum atomic E-state index is -0.978. The Kier molecular flexibility index (Phi) is 3.40. The average molecular weight is 328 g/mol. The van der Waals surface area contributed by atoms with Gasteiger partial charge in [-0.15, -0.1) is 0 Å². The highest BCUT2D eigenvalue weighted by Crippen LogP contribution is 2.56. The van der Waals surface area contributed by atoms with Gasteiger partial charge in [0, 0.05) is 11.8 Å². The maximum Gasteiger partial charge on any atom is 0.354 e. The molecule has 1 saturated carbocycles. The molecular weight excluding hydrogens is 311 g/mol. The third kappa shape index (κ3) is 2.21. The van der Waals surface area contributed by atoms with Crippen LogP contribution in [-0.2, 0) is 0 Å². The molecule has 2 bridgehead atoms. The van der Waals surface area contributed by atoms with E-state index in [1.807, 2.05) is 0 Å². The summed E-state index contributed by atoms with van der Waals surface area (Å²) in [7, 11) is 1.42. The lowest BCUT2D eigenvalue weighted by molar-refractivity contribution is 0.0688. The van der Waals surface area contributed by atoms with Crippen LogP contribution in [0.4, 0.5) is 15.8 Å². The Morgan fingerprint density at radius 2 is 2.08 bits per heavy atom. The minimum Gasteiger partial charge on any atom is -0.494 e. The highest BCUT2D eigenvalue weighted by molar-refractivity contribution is 5.89. The van der Waals surface area contributed by atoms with Crippen LogP contribution in [0.1, 0.15) is 52.7 Å². The van der Waals surface area contributed by atoms with Crippen LogP contribution in [0.25, 0.3) is 0 Å². The number of pyridine rings is 1. The van der Waals surface area contributed by atoms with Crippen LogP contribution < -0.4 is 10.1 Å². The minimum absolute atomic E-state index is 0.160. The van der Waals surface area contributed by atoms with Gasteiger partial charge in [-0.25, -0.2) is 14.2 Å². The largest absolute Gasteiger partial charge is 0.494 e. The van der Waals surface area contributed by atoms with Crippen LogP contribution in [0.5, 0.6) is 5.75 Å². The Morgan fingerprint density at radius 3 is 2.79 bits per heavy atom. The summed E-state index contributed by atoms with van der Waals surface area (Å²) in [5.41, 5.74) is 3.58. The van der Waals surface area contributed by atoms with Gasteiger partial charge in [-0.2, -0.15) is 0 Å². The van der Waals surface area contributed by atoms with Gasteiger partial charge in [0.1, 0.15) is 0 Å². The number of benzene rings is 1. The molecular formula is C18H17FN2O3. The van der Waals surface area contributed by atoms with E-state index in [2.05, 4.69) is 10.3 Å². The summed E-state index contributed by atoms with van der Waals surface area (Å²) in [6.45, 7) is 0. The number of halogens is 1. The normalized spacial score (nSPS) is 20.8. The monoisotopic (exact) mass is 328 g/mol. The number of nitrogens with zero attached hydrogens (tertiary/aromatic N) is 1. The van der Waals surface area contributed by atoms with Crippen LogP contribution in [0.2, 0.25) is 0 Å². The van der Waals surface area contributed by atoms with Crippen molar-refractivity contribution in [2.45, 2.75) is 31.1 Å². The molecule has 6 heteroatoms. The summed E-state index contributed by atoms with van der Waals surface area (Å²) < 4.78 is 18.6. The van der Waals surface area contributed by atoms with Crippen molar-refractivity contribution in [2.24, 2.45) is 0 Å². The number of carbonyl (C=O) groups is 1. The van der Waals surface area contributed by atoms with Crippen molar-refractivity contribution in [2.75, 3.05) is 12.4 Å². The summed E-state index contributed by atoms with van der Waals surface area (Å²) in [5, 5.41) is 12.7. The lowest BCUT2D eigenvalue weighted by Gasteiger charge is -2.21. The topological polar surface area (TPSA) is 71.5 Å². The van der Waals surface area contributed by atoms with Crippen LogP contribution in [0, 0.1) is 5.82 Å². The number of hydrogen-bond acceptors (Lipinski definition) is 4. The van der Waals surface area contributed by atoms with E-state index in [1.165, 1.54) is 13.2 Å². The smallest absolute Gasteiger partial charge is 0.354 e. The van der Waals surface area contributed by atoms with Gasteiger partial charge in [-0.3, -0.25) is 0 Å². The molecule has 2 aliphatic carbocycles. The van der Waals surface area contributed by atoms with Gasteiger partial charge in [-0.1, -0.05) is 0 Å². The molecule has 1 heterocycles. The fourth-order valence-corrected chi connectivity index (χ4v) is 4.06. The van der Waals surface area contributed by atoms with E-state index in [9.17, 15) is 14.3 Å². The first kappa shape index (κ1) is 14.9. The number of ether oxygens (including phenoxy) is 1. The summed E-state index contributed by atoms with van der Waals surface area (Å²) in [5.74, 6) is -0.585. The van der Waals surface area contributed by atoms with Gasteiger partial charge in [0.15, 0.2) is 17.3 Å². The molecule has 2 aromatic rings. The molecule has 24 heavy (non-hydrogen) atoms. The molecule has 2 unspecified atom stereocenters. The molecule has 0 saturated heterocycles. The second-order valence-corrected chi connectivity index (χ2v) is 6.33. The summed E-state index contributed by atoms with van der Waals surface area (Å²) >= 11 is 0. The fourth-order valence-electron chi connectivity index (χ4n) is 4.06. The lowest BCUT2D eigenvalue weighted by atomic mass is 9.89. The second-order valence-electron chi connectivity index (χ2n) is 6.33. The number of carboxylic acid groups (broad SMARTS) is 1. The molecule has 124 valence electrons. The Hall–Kier alpha value is -2.63. The van der Waals surface area contributed by atoms with Crippen LogP contribution in [0.3, 0.4) is 0 Å². The zero-order chi connectivity index (χ0) is 16.8. The summed E-state index contributed by atoms with van der Waals surface area (Å²) in [6, 6.07) is 4.55. The SMILES string of the molecule is COc1cc(Nc2cnc(C(=O)O)c3c2C2CCC3C2)ccc1F. The van der Waals surface area contributed by atoms with Gasteiger partial charge in [0.05, 0.1) is 19.0 Å². The molecule has 5 nitrogen and oxygen atoms in total. The third-order valence-corrected chi connectivity index (χ3v) is 5.04. The molecule has 2 aliphatic rings. The van der Waals surface area contributed by atoms with Crippen molar-refractivity contribution in [1.29, 1.82) is 0 Å². The highest BCUT2D eigenvalue weighted by Gasteiger charge is 2.41. The molecule has 1 aromatic heterocycles. The van der Waals surface area contributed by atoms with Crippen molar-refractivity contribution in [3.05, 3.63) is 47.0 Å². The van der Waals surface area contributed by atoms with Gasteiger partial charge in [0.2, 0.25) is 0 Å². The molecule has 0 aliphatic heterocycles. The zero-order valence-corrected chi connectivity index (χ0v) is 13.2. The molecule has 4 rings (SSSR count). The third-order valence-electron chi connectivity index (χ3n) is 5.04. The molecule has 2 atom stereocenters. The first-order valence-corrected chi connectivity index (χ1v) is 7.95. The van der Waals surface area contributed by atoms with Gasteiger partial charge in [0.25, 0.3) is 0 Å². The van der Waals surface area contributed by atoms with Gasteiger partial charge in [-0.05, 0) is 54.4 Å². The van der Waals surface area contributed by atoms with E-state index in [0.29, 0.717) is 11.6 Å². The number of carboxylic acids is 1. The van der Waals surface area contributed by atoms with E-state index in [0.717, 1.165) is 36.1 Å². The van der Waals surface area contributed by atoms with Crippen molar-refractivity contribution < 1.29 is 19.0 Å². The van der Waals surface area contributed by atoms with Crippen LogP contribution >= 0.6 is 0 Å². The fraction of sp³-hybridized carbons (Fsp3) is 0.333. The number of fused-ring (bicyclic) bond motifs is 5. The number of rotatable bonds is 4. The second kappa shape index (κ2) is 5.47. The molecule has 2 N–H and O–H groups in total. The number of hydrogen-bond donors (Lipinski definition) is 2. The quantitative estimate of drug-likeness (QED) is 0.886. The van der Waals surface area contributed by atoms with E-state index < -0.39 is 11.8 Å². The Bertz CT molecular complexity index is 837.